The first-order chi connectivity index (χ1) is 6.63. The summed E-state index contributed by atoms with van der Waals surface area (Å²) in [6.07, 6.45) is 1.08. The van der Waals surface area contributed by atoms with Crippen molar-refractivity contribution in [3.63, 3.8) is 0 Å². The van der Waals surface area contributed by atoms with Crippen molar-refractivity contribution in [1.29, 1.82) is 0 Å². The van der Waals surface area contributed by atoms with Gasteiger partial charge in [-0.15, -0.1) is 22.7 Å². The first kappa shape index (κ1) is 9.87. The first-order valence-electron chi connectivity index (χ1n) is 4.66. The van der Waals surface area contributed by atoms with E-state index in [-0.39, 0.29) is 5.78 Å². The highest BCUT2D eigenvalue weighted by Gasteiger charge is 2.13. The Morgan fingerprint density at radius 2 is 2.14 bits per heavy atom. The molecule has 74 valence electrons. The SMILES string of the molecule is CCc1cc2c(C)c(C(C)=O)sc2s1. The second-order valence-electron chi connectivity index (χ2n) is 3.38. The van der Waals surface area contributed by atoms with Crippen LogP contribution in [0.4, 0.5) is 0 Å². The molecule has 0 bridgehead atoms. The van der Waals surface area contributed by atoms with Gasteiger partial charge in [0.1, 0.15) is 0 Å². The lowest BCUT2D eigenvalue weighted by Gasteiger charge is -1.91. The molecule has 0 aliphatic carbocycles. The van der Waals surface area contributed by atoms with Gasteiger partial charge in [-0.25, -0.2) is 0 Å². The average molecular weight is 224 g/mol. The van der Waals surface area contributed by atoms with Gasteiger partial charge >= 0.3 is 0 Å². The molecule has 0 N–H and O–H groups in total. The zero-order valence-electron chi connectivity index (χ0n) is 8.51. The fraction of sp³-hybridized carbons (Fsp3) is 0.364. The van der Waals surface area contributed by atoms with Gasteiger partial charge < -0.3 is 0 Å². The molecule has 2 heterocycles. The van der Waals surface area contributed by atoms with Crippen molar-refractivity contribution in [2.75, 3.05) is 0 Å². The smallest absolute Gasteiger partial charge is 0.170 e. The van der Waals surface area contributed by atoms with Crippen molar-refractivity contribution < 1.29 is 4.79 Å². The van der Waals surface area contributed by atoms with Crippen LogP contribution in [0.15, 0.2) is 6.07 Å². The molecule has 0 amide bonds. The van der Waals surface area contributed by atoms with Gasteiger partial charge in [0.2, 0.25) is 0 Å². The molecular weight excluding hydrogens is 212 g/mol. The van der Waals surface area contributed by atoms with E-state index in [0.29, 0.717) is 0 Å². The van der Waals surface area contributed by atoms with E-state index in [4.69, 9.17) is 0 Å². The third kappa shape index (κ3) is 1.41. The maximum absolute atomic E-state index is 11.3. The Kier molecular flexibility index (Phi) is 2.45. The van der Waals surface area contributed by atoms with Crippen molar-refractivity contribution >= 4 is 37.9 Å². The summed E-state index contributed by atoms with van der Waals surface area (Å²) in [5, 5.41) is 1.28. The lowest BCUT2D eigenvalue weighted by Crippen LogP contribution is -1.88. The molecule has 0 unspecified atom stereocenters. The van der Waals surface area contributed by atoms with E-state index in [0.717, 1.165) is 16.9 Å². The second-order valence-corrected chi connectivity index (χ2v) is 5.80. The summed E-state index contributed by atoms with van der Waals surface area (Å²) in [4.78, 5) is 13.6. The van der Waals surface area contributed by atoms with Crippen LogP contribution in [-0.4, -0.2) is 5.78 Å². The second kappa shape index (κ2) is 3.48. The van der Waals surface area contributed by atoms with Gasteiger partial charge in [-0.05, 0) is 31.9 Å². The maximum Gasteiger partial charge on any atom is 0.170 e. The minimum atomic E-state index is 0.189. The predicted molar refractivity (Wildman–Crippen MR) is 63.8 cm³/mol. The first-order valence-corrected chi connectivity index (χ1v) is 6.29. The lowest BCUT2D eigenvalue weighted by molar-refractivity contribution is 0.102. The average Bonchev–Trinajstić information content (AvgIpc) is 2.65. The van der Waals surface area contributed by atoms with Gasteiger partial charge in [0, 0.05) is 10.3 Å². The molecule has 0 fully saturated rings. The zero-order valence-corrected chi connectivity index (χ0v) is 10.1. The van der Waals surface area contributed by atoms with E-state index < -0.39 is 0 Å². The molecule has 0 atom stereocenters. The highest BCUT2D eigenvalue weighted by molar-refractivity contribution is 7.39. The normalized spacial score (nSPS) is 11.1. The minimum Gasteiger partial charge on any atom is -0.294 e. The molecule has 14 heavy (non-hydrogen) atoms. The number of hydrogen-bond donors (Lipinski definition) is 0. The van der Waals surface area contributed by atoms with E-state index in [9.17, 15) is 4.79 Å². The molecule has 3 heteroatoms. The van der Waals surface area contributed by atoms with Gasteiger partial charge in [0.15, 0.2) is 5.78 Å². The van der Waals surface area contributed by atoms with E-state index in [1.165, 1.54) is 14.3 Å². The third-order valence-electron chi connectivity index (χ3n) is 2.36. The summed E-state index contributed by atoms with van der Waals surface area (Å²) in [6.45, 7) is 5.85. The van der Waals surface area contributed by atoms with Crippen LogP contribution < -0.4 is 0 Å². The number of ketones is 1. The van der Waals surface area contributed by atoms with Gasteiger partial charge in [0.05, 0.1) is 8.89 Å². The van der Waals surface area contributed by atoms with Gasteiger partial charge in [-0.3, -0.25) is 4.79 Å². The Balaban J connectivity index is 2.66. The summed E-state index contributed by atoms with van der Waals surface area (Å²) < 4.78 is 1.30. The van der Waals surface area contributed by atoms with Crippen LogP contribution in [0.5, 0.6) is 0 Å². The van der Waals surface area contributed by atoms with Gasteiger partial charge in [0.25, 0.3) is 0 Å². The molecule has 0 spiro atoms. The zero-order chi connectivity index (χ0) is 10.3. The molecule has 0 radical (unpaired) electrons. The van der Waals surface area contributed by atoms with Crippen LogP contribution in [0.1, 0.15) is 34.0 Å². The van der Waals surface area contributed by atoms with Crippen molar-refractivity contribution in [3.05, 3.63) is 21.4 Å². The molecule has 0 saturated carbocycles. The molecule has 1 nitrogen and oxygen atoms in total. The Hall–Kier alpha value is -0.670. The minimum absolute atomic E-state index is 0.189. The monoisotopic (exact) mass is 224 g/mol. The number of carbonyl (C=O) groups excluding carboxylic acids is 1. The van der Waals surface area contributed by atoms with Crippen LogP contribution in [-0.2, 0) is 6.42 Å². The standard InChI is InChI=1S/C11H12OS2/c1-4-8-5-9-6(2)10(7(3)12)14-11(9)13-8/h5H,4H2,1-3H3. The lowest BCUT2D eigenvalue weighted by atomic mass is 10.2. The molecule has 2 rings (SSSR count). The largest absolute Gasteiger partial charge is 0.294 e. The molecule has 0 aliphatic rings. The Labute approximate surface area is 91.4 Å². The number of fused-ring (bicyclic) bond motifs is 1. The quantitative estimate of drug-likeness (QED) is 0.704. The van der Waals surface area contributed by atoms with Crippen molar-refractivity contribution in [2.24, 2.45) is 0 Å². The van der Waals surface area contributed by atoms with Crippen LogP contribution in [0.2, 0.25) is 0 Å². The molecule has 2 aromatic rings. The topological polar surface area (TPSA) is 17.1 Å². The van der Waals surface area contributed by atoms with E-state index in [2.05, 4.69) is 13.0 Å². The Morgan fingerprint density at radius 3 is 2.64 bits per heavy atom. The number of aryl methyl sites for hydroxylation is 2. The maximum atomic E-state index is 11.3. The summed E-state index contributed by atoms with van der Waals surface area (Å²) >= 11 is 3.45. The fourth-order valence-corrected chi connectivity index (χ4v) is 4.10. The summed E-state index contributed by atoms with van der Waals surface area (Å²) in [7, 11) is 0. The van der Waals surface area contributed by atoms with Crippen LogP contribution in [0.25, 0.3) is 9.40 Å². The number of carbonyl (C=O) groups is 1. The molecule has 0 saturated heterocycles. The molecule has 0 aromatic carbocycles. The van der Waals surface area contributed by atoms with Crippen LogP contribution in [0.3, 0.4) is 0 Å². The number of rotatable bonds is 2. The molecule has 2 aromatic heterocycles. The number of Topliss-reactive ketones (excluding diaryl/α,β-unsaturated/α-hetero) is 1. The molecular formula is C11H12OS2. The third-order valence-corrected chi connectivity index (χ3v) is 5.13. The van der Waals surface area contributed by atoms with Crippen molar-refractivity contribution in [2.45, 2.75) is 27.2 Å². The van der Waals surface area contributed by atoms with Gasteiger partial charge in [-0.2, -0.15) is 0 Å². The number of hydrogen-bond acceptors (Lipinski definition) is 3. The van der Waals surface area contributed by atoms with Crippen molar-refractivity contribution in [1.82, 2.24) is 0 Å². The van der Waals surface area contributed by atoms with E-state index in [1.807, 2.05) is 18.3 Å². The molecule has 0 aliphatic heterocycles. The van der Waals surface area contributed by atoms with E-state index in [1.54, 1.807) is 18.3 Å². The summed E-state index contributed by atoms with van der Waals surface area (Å²) in [5.41, 5.74) is 1.16. The summed E-state index contributed by atoms with van der Waals surface area (Å²) in [6, 6.07) is 2.22. The number of thiophene rings is 2. The Bertz CT molecular complexity index is 491. The predicted octanol–water partition coefficient (Wildman–Crippen LogP) is 4.04. The summed E-state index contributed by atoms with van der Waals surface area (Å²) in [5.74, 6) is 0.189. The van der Waals surface area contributed by atoms with Crippen LogP contribution in [0, 0.1) is 6.92 Å². The highest BCUT2D eigenvalue weighted by atomic mass is 32.2. The van der Waals surface area contributed by atoms with Gasteiger partial charge in [-0.1, -0.05) is 6.92 Å². The van der Waals surface area contributed by atoms with Crippen LogP contribution >= 0.6 is 22.7 Å². The fourth-order valence-electron chi connectivity index (χ4n) is 1.56. The van der Waals surface area contributed by atoms with E-state index >= 15 is 0 Å². The van der Waals surface area contributed by atoms with Crippen molar-refractivity contribution in [3.8, 4) is 0 Å². The highest BCUT2D eigenvalue weighted by Crippen LogP contribution is 2.37. The Morgan fingerprint density at radius 1 is 1.43 bits per heavy atom.